The van der Waals surface area contributed by atoms with Crippen LogP contribution in [-0.4, -0.2) is 38.1 Å². The van der Waals surface area contributed by atoms with Gasteiger partial charge < -0.3 is 9.47 Å². The maximum absolute atomic E-state index is 14.0. The van der Waals surface area contributed by atoms with Crippen LogP contribution < -0.4 is 9.47 Å². The molecule has 0 spiro atoms. The number of alkyl halides is 6. The molecule has 2 atom stereocenters. The summed E-state index contributed by atoms with van der Waals surface area (Å²) in [5, 5.41) is 8.27. The van der Waals surface area contributed by atoms with E-state index < -0.39 is 36.1 Å². The molecule has 0 saturated carbocycles. The van der Waals surface area contributed by atoms with E-state index in [0.717, 1.165) is 24.3 Å². The normalized spacial score (nSPS) is 13.6. The number of benzene rings is 2. The highest BCUT2D eigenvalue weighted by Gasteiger charge is 2.34. The van der Waals surface area contributed by atoms with Gasteiger partial charge in [0, 0.05) is 24.8 Å². The Kier molecular flexibility index (Phi) is 7.74. The van der Waals surface area contributed by atoms with Gasteiger partial charge in [0.2, 0.25) is 0 Å². The summed E-state index contributed by atoms with van der Waals surface area (Å²) in [5.74, 6) is -2.98. The van der Waals surface area contributed by atoms with Gasteiger partial charge >= 0.3 is 12.7 Å². The number of ether oxygens (including phenoxy) is 2. The van der Waals surface area contributed by atoms with Gasteiger partial charge in [-0.1, -0.05) is 24.3 Å². The SMILES string of the molecule is O=C(C(Cn1cccn1)c1ccc(OC(F)(F)F)cc1)C(Cn1cccn1)c1ccc(OC(F)(F)F)cc1. The van der Waals surface area contributed by atoms with Crippen LogP contribution in [0.5, 0.6) is 11.5 Å². The van der Waals surface area contributed by atoms with Crippen molar-refractivity contribution in [3.05, 3.63) is 96.6 Å². The zero-order valence-corrected chi connectivity index (χ0v) is 19.4. The second-order valence-corrected chi connectivity index (χ2v) is 8.20. The van der Waals surface area contributed by atoms with Gasteiger partial charge in [-0.3, -0.25) is 14.2 Å². The molecule has 0 saturated heterocycles. The van der Waals surface area contributed by atoms with Gasteiger partial charge in [-0.25, -0.2) is 0 Å². The quantitative estimate of drug-likeness (QED) is 0.242. The monoisotopic (exact) mass is 538 g/mol. The number of hydrogen-bond acceptors (Lipinski definition) is 5. The van der Waals surface area contributed by atoms with E-state index in [1.807, 2.05) is 0 Å². The third kappa shape index (κ3) is 7.37. The third-order valence-electron chi connectivity index (χ3n) is 5.58. The van der Waals surface area contributed by atoms with E-state index in [9.17, 15) is 31.1 Å². The zero-order valence-electron chi connectivity index (χ0n) is 19.4. The minimum atomic E-state index is -4.87. The summed E-state index contributed by atoms with van der Waals surface area (Å²) in [6.07, 6.45) is -3.45. The Balaban J connectivity index is 1.68. The van der Waals surface area contributed by atoms with Crippen molar-refractivity contribution in [2.75, 3.05) is 0 Å². The Labute approximate surface area is 212 Å². The fraction of sp³-hybridized carbons (Fsp3) is 0.240. The molecule has 0 amide bonds. The molecular formula is C25H20F6N4O3. The Morgan fingerprint density at radius 3 is 1.34 bits per heavy atom. The summed E-state index contributed by atoms with van der Waals surface area (Å²) in [6.45, 7) is 0.131. The number of Topliss-reactive ketones (excluding diaryl/α,β-unsaturated/α-hetero) is 1. The van der Waals surface area contributed by atoms with Gasteiger partial charge in [-0.15, -0.1) is 26.3 Å². The maximum atomic E-state index is 14.0. The van der Waals surface area contributed by atoms with E-state index in [1.165, 1.54) is 46.0 Å². The Hall–Kier alpha value is -4.29. The minimum Gasteiger partial charge on any atom is -0.406 e. The fourth-order valence-corrected chi connectivity index (χ4v) is 3.96. The van der Waals surface area contributed by atoms with Crippen LogP contribution in [0.2, 0.25) is 0 Å². The molecule has 2 heterocycles. The first-order chi connectivity index (χ1) is 18.0. The Bertz CT molecular complexity index is 1200. The molecule has 0 fully saturated rings. The third-order valence-corrected chi connectivity index (χ3v) is 5.58. The van der Waals surface area contributed by atoms with Crippen molar-refractivity contribution in [3.8, 4) is 11.5 Å². The standard InChI is InChI=1S/C25H20F6N4O3/c26-24(27,28)37-19-7-3-17(4-8-19)21(15-34-13-1-11-32-34)23(36)22(16-35-14-2-12-33-35)18-5-9-20(10-6-18)38-25(29,30)31/h1-14,21-22H,15-16H2. The minimum absolute atomic E-state index is 0.0657. The topological polar surface area (TPSA) is 71.2 Å². The van der Waals surface area contributed by atoms with E-state index in [2.05, 4.69) is 19.7 Å². The van der Waals surface area contributed by atoms with Crippen LogP contribution in [0.4, 0.5) is 26.3 Å². The van der Waals surface area contributed by atoms with Crippen molar-refractivity contribution < 1.29 is 40.6 Å². The molecule has 13 heteroatoms. The number of aromatic nitrogens is 4. The Morgan fingerprint density at radius 1 is 0.684 bits per heavy atom. The smallest absolute Gasteiger partial charge is 0.406 e. The van der Waals surface area contributed by atoms with Crippen LogP contribution in [0.15, 0.2) is 85.5 Å². The van der Waals surface area contributed by atoms with Crippen molar-refractivity contribution >= 4 is 5.78 Å². The van der Waals surface area contributed by atoms with Gasteiger partial charge in [-0.05, 0) is 47.5 Å². The summed E-state index contributed by atoms with van der Waals surface area (Å²) in [5.41, 5.74) is 0.810. The van der Waals surface area contributed by atoms with E-state index in [0.29, 0.717) is 11.1 Å². The molecule has 2 aromatic carbocycles. The van der Waals surface area contributed by atoms with E-state index in [4.69, 9.17) is 0 Å². The van der Waals surface area contributed by atoms with Crippen LogP contribution in [0.3, 0.4) is 0 Å². The van der Waals surface area contributed by atoms with Crippen molar-refractivity contribution in [2.45, 2.75) is 37.7 Å². The van der Waals surface area contributed by atoms with Gasteiger partial charge in [0.15, 0.2) is 5.78 Å². The molecule has 0 bridgehead atoms. The molecule has 0 radical (unpaired) electrons. The molecule has 0 N–H and O–H groups in total. The fourth-order valence-electron chi connectivity index (χ4n) is 3.96. The molecule has 2 unspecified atom stereocenters. The van der Waals surface area contributed by atoms with Gasteiger partial charge in [0.05, 0.1) is 24.9 Å². The predicted octanol–water partition coefficient (Wildman–Crippen LogP) is 5.71. The number of nitrogens with zero attached hydrogens (tertiary/aromatic N) is 4. The average Bonchev–Trinajstić information content (AvgIpc) is 3.54. The molecular weight excluding hydrogens is 518 g/mol. The first-order valence-corrected chi connectivity index (χ1v) is 11.2. The number of carbonyl (C=O) groups is 1. The average molecular weight is 538 g/mol. The molecule has 0 aliphatic carbocycles. The van der Waals surface area contributed by atoms with Crippen molar-refractivity contribution in [1.82, 2.24) is 19.6 Å². The summed E-state index contributed by atoms with van der Waals surface area (Å²) >= 11 is 0. The predicted molar refractivity (Wildman–Crippen MR) is 121 cm³/mol. The maximum Gasteiger partial charge on any atom is 0.573 e. The number of rotatable bonds is 10. The van der Waals surface area contributed by atoms with Crippen molar-refractivity contribution in [1.29, 1.82) is 0 Å². The molecule has 0 aliphatic heterocycles. The van der Waals surface area contributed by atoms with Gasteiger partial charge in [0.25, 0.3) is 0 Å². The highest BCUT2D eigenvalue weighted by molar-refractivity contribution is 5.91. The van der Waals surface area contributed by atoms with Crippen LogP contribution in [0.1, 0.15) is 23.0 Å². The highest BCUT2D eigenvalue weighted by atomic mass is 19.4. The molecule has 4 rings (SSSR count). The first kappa shape index (κ1) is 26.8. The number of ketones is 1. The number of halogens is 6. The number of carbonyl (C=O) groups excluding carboxylic acids is 1. The van der Waals surface area contributed by atoms with Gasteiger partial charge in [-0.2, -0.15) is 10.2 Å². The highest BCUT2D eigenvalue weighted by Crippen LogP contribution is 2.33. The molecule has 0 aliphatic rings. The summed E-state index contributed by atoms with van der Waals surface area (Å²) < 4.78 is 86.5. The van der Waals surface area contributed by atoms with E-state index >= 15 is 0 Å². The molecule has 38 heavy (non-hydrogen) atoms. The lowest BCUT2D eigenvalue weighted by atomic mass is 9.83. The second kappa shape index (κ2) is 11.0. The van der Waals surface area contributed by atoms with Gasteiger partial charge in [0.1, 0.15) is 11.5 Å². The van der Waals surface area contributed by atoms with Crippen LogP contribution in [0.25, 0.3) is 0 Å². The molecule has 2 aromatic heterocycles. The van der Waals surface area contributed by atoms with Crippen molar-refractivity contribution in [3.63, 3.8) is 0 Å². The largest absolute Gasteiger partial charge is 0.573 e. The van der Waals surface area contributed by atoms with Crippen LogP contribution in [-0.2, 0) is 17.9 Å². The summed E-state index contributed by atoms with van der Waals surface area (Å²) in [4.78, 5) is 14.0. The van der Waals surface area contributed by atoms with E-state index in [-0.39, 0.29) is 18.9 Å². The first-order valence-electron chi connectivity index (χ1n) is 11.2. The molecule has 200 valence electrons. The van der Waals surface area contributed by atoms with Crippen molar-refractivity contribution in [2.24, 2.45) is 0 Å². The lowest BCUT2D eigenvalue weighted by Gasteiger charge is -2.24. The summed E-state index contributed by atoms with van der Waals surface area (Å²) in [7, 11) is 0. The van der Waals surface area contributed by atoms with Crippen LogP contribution in [0, 0.1) is 0 Å². The lowest BCUT2D eigenvalue weighted by molar-refractivity contribution is -0.275. The Morgan fingerprint density at radius 2 is 1.05 bits per heavy atom. The second-order valence-electron chi connectivity index (χ2n) is 8.20. The lowest BCUT2D eigenvalue weighted by Crippen LogP contribution is -2.28. The molecule has 4 aromatic rings. The number of hydrogen-bond donors (Lipinski definition) is 0. The zero-order chi connectivity index (χ0) is 27.3. The molecule has 7 nitrogen and oxygen atoms in total. The summed E-state index contributed by atoms with van der Waals surface area (Å²) in [6, 6.07) is 13.2. The van der Waals surface area contributed by atoms with Crippen LogP contribution >= 0.6 is 0 Å². The van der Waals surface area contributed by atoms with E-state index in [1.54, 1.807) is 24.5 Å².